The van der Waals surface area contributed by atoms with Crippen LogP contribution in [0.4, 0.5) is 5.69 Å². The molecule has 1 amide bonds. The molecule has 0 bridgehead atoms. The molecule has 0 saturated carbocycles. The van der Waals surface area contributed by atoms with Gasteiger partial charge in [-0.1, -0.05) is 0 Å². The summed E-state index contributed by atoms with van der Waals surface area (Å²) in [4.78, 5) is 11.5. The predicted octanol–water partition coefficient (Wildman–Crippen LogP) is 0.772. The normalized spacial score (nSPS) is 20.4. The van der Waals surface area contributed by atoms with E-state index in [9.17, 15) is 13.2 Å². The molecular weight excluding hydrogens is 290 g/mol. The highest BCUT2D eigenvalue weighted by Gasteiger charge is 2.32. The molecule has 116 valence electrons. The number of piperidine rings is 1. The summed E-state index contributed by atoms with van der Waals surface area (Å²) in [5.41, 5.74) is 13.3. The number of benzene rings is 1. The van der Waals surface area contributed by atoms with Crippen molar-refractivity contribution < 1.29 is 13.2 Å². The molecular formula is C14H21N3O3S. The molecule has 1 aromatic carbocycles. The molecule has 1 saturated heterocycles. The fourth-order valence-corrected chi connectivity index (χ4v) is 4.19. The summed E-state index contributed by atoms with van der Waals surface area (Å²) in [5, 5.41) is 0. The van der Waals surface area contributed by atoms with E-state index in [4.69, 9.17) is 11.5 Å². The second-order valence-corrected chi connectivity index (χ2v) is 7.50. The Morgan fingerprint density at radius 2 is 2.00 bits per heavy atom. The van der Waals surface area contributed by atoms with E-state index in [0.717, 1.165) is 11.1 Å². The van der Waals surface area contributed by atoms with E-state index in [-0.39, 0.29) is 11.4 Å². The third kappa shape index (κ3) is 3.03. The van der Waals surface area contributed by atoms with Gasteiger partial charge in [0.15, 0.2) is 0 Å². The Morgan fingerprint density at radius 1 is 1.33 bits per heavy atom. The van der Waals surface area contributed by atoms with Gasteiger partial charge in [0.25, 0.3) is 0 Å². The minimum Gasteiger partial charge on any atom is -0.398 e. The quantitative estimate of drug-likeness (QED) is 0.804. The zero-order valence-corrected chi connectivity index (χ0v) is 13.1. The van der Waals surface area contributed by atoms with Crippen LogP contribution in [0.3, 0.4) is 0 Å². The lowest BCUT2D eigenvalue weighted by Gasteiger charge is -2.30. The Kier molecular flexibility index (Phi) is 4.25. The van der Waals surface area contributed by atoms with Gasteiger partial charge in [-0.05, 0) is 49.9 Å². The molecule has 4 N–H and O–H groups in total. The van der Waals surface area contributed by atoms with Crippen molar-refractivity contribution in [2.24, 2.45) is 11.7 Å². The molecule has 0 aromatic heterocycles. The number of rotatable bonds is 3. The predicted molar refractivity (Wildman–Crippen MR) is 81.0 cm³/mol. The first-order valence-electron chi connectivity index (χ1n) is 6.89. The van der Waals surface area contributed by atoms with Crippen molar-refractivity contribution in [3.63, 3.8) is 0 Å². The smallest absolute Gasteiger partial charge is 0.243 e. The molecule has 0 spiro atoms. The van der Waals surface area contributed by atoms with Crippen molar-refractivity contribution >= 4 is 21.6 Å². The Bertz CT molecular complexity index is 647. The summed E-state index contributed by atoms with van der Waals surface area (Å²) in [7, 11) is -3.64. The number of aryl methyl sites for hydroxylation is 1. The number of hydrogen-bond acceptors (Lipinski definition) is 4. The van der Waals surface area contributed by atoms with Crippen LogP contribution in [0.25, 0.3) is 0 Å². The van der Waals surface area contributed by atoms with Gasteiger partial charge in [-0.2, -0.15) is 4.31 Å². The molecule has 1 aromatic rings. The van der Waals surface area contributed by atoms with Crippen LogP contribution in [0.1, 0.15) is 24.0 Å². The van der Waals surface area contributed by atoms with Crippen LogP contribution in [0, 0.1) is 19.8 Å². The average Bonchev–Trinajstić information content (AvgIpc) is 2.44. The molecule has 1 aliphatic rings. The van der Waals surface area contributed by atoms with Gasteiger partial charge in [0.05, 0.1) is 10.8 Å². The number of anilines is 1. The molecule has 1 unspecified atom stereocenters. The molecule has 1 fully saturated rings. The third-order valence-electron chi connectivity index (χ3n) is 4.11. The molecule has 0 aliphatic carbocycles. The molecule has 6 nitrogen and oxygen atoms in total. The minimum atomic E-state index is -3.64. The van der Waals surface area contributed by atoms with Crippen molar-refractivity contribution in [1.82, 2.24) is 4.31 Å². The van der Waals surface area contributed by atoms with Crippen LogP contribution in [-0.2, 0) is 14.8 Å². The maximum Gasteiger partial charge on any atom is 0.243 e. The fourth-order valence-electron chi connectivity index (χ4n) is 2.54. The highest BCUT2D eigenvalue weighted by molar-refractivity contribution is 7.89. The largest absolute Gasteiger partial charge is 0.398 e. The number of nitrogen functional groups attached to an aromatic ring is 1. The first kappa shape index (κ1) is 15.8. The van der Waals surface area contributed by atoms with Crippen molar-refractivity contribution in [2.75, 3.05) is 18.8 Å². The number of primary amides is 1. The molecule has 21 heavy (non-hydrogen) atoms. The molecule has 1 atom stereocenters. The van der Waals surface area contributed by atoms with Gasteiger partial charge in [-0.15, -0.1) is 0 Å². The second-order valence-electron chi connectivity index (χ2n) is 5.56. The van der Waals surface area contributed by atoms with Crippen LogP contribution in [-0.4, -0.2) is 31.7 Å². The summed E-state index contributed by atoms with van der Waals surface area (Å²) < 4.78 is 26.7. The first-order chi connectivity index (χ1) is 9.73. The number of hydrogen-bond donors (Lipinski definition) is 2. The summed E-state index contributed by atoms with van der Waals surface area (Å²) >= 11 is 0. The van der Waals surface area contributed by atoms with E-state index in [1.54, 1.807) is 6.07 Å². The number of nitrogens with two attached hydrogens (primary N) is 2. The topological polar surface area (TPSA) is 106 Å². The Morgan fingerprint density at radius 3 is 2.57 bits per heavy atom. The average molecular weight is 311 g/mol. The van der Waals surface area contributed by atoms with E-state index in [1.807, 2.05) is 13.8 Å². The highest BCUT2D eigenvalue weighted by Crippen LogP contribution is 2.27. The van der Waals surface area contributed by atoms with Gasteiger partial charge in [0, 0.05) is 18.8 Å². The monoisotopic (exact) mass is 311 g/mol. The van der Waals surface area contributed by atoms with E-state index in [0.29, 0.717) is 25.1 Å². The maximum atomic E-state index is 12.7. The number of amides is 1. The third-order valence-corrected chi connectivity index (χ3v) is 5.95. The molecule has 2 rings (SSSR count). The lowest BCUT2D eigenvalue weighted by molar-refractivity contribution is -0.122. The van der Waals surface area contributed by atoms with Crippen molar-refractivity contribution in [2.45, 2.75) is 31.6 Å². The second kappa shape index (κ2) is 5.65. The number of sulfonamides is 1. The Balaban J connectivity index is 2.36. The Hall–Kier alpha value is -1.60. The lowest BCUT2D eigenvalue weighted by Crippen LogP contribution is -2.44. The number of nitrogens with zero attached hydrogens (tertiary/aromatic N) is 1. The van der Waals surface area contributed by atoms with Gasteiger partial charge in [0.1, 0.15) is 0 Å². The lowest BCUT2D eigenvalue weighted by atomic mass is 9.99. The minimum absolute atomic E-state index is 0.143. The Labute approximate surface area is 125 Å². The zero-order valence-electron chi connectivity index (χ0n) is 12.3. The van der Waals surface area contributed by atoms with Crippen LogP contribution in [0.2, 0.25) is 0 Å². The summed E-state index contributed by atoms with van der Waals surface area (Å²) in [6.07, 6.45) is 1.27. The van der Waals surface area contributed by atoms with Crippen molar-refractivity contribution in [3.8, 4) is 0 Å². The standard InChI is InChI=1S/C14H21N3O3S/c1-9-6-12(7-13(15)10(9)2)21(19,20)17-5-3-4-11(8-17)14(16)18/h6-7,11H,3-5,8,15H2,1-2H3,(H2,16,18). The SMILES string of the molecule is Cc1cc(S(=O)(=O)N2CCCC(C(N)=O)C2)cc(N)c1C. The van der Waals surface area contributed by atoms with Crippen LogP contribution >= 0.6 is 0 Å². The van der Waals surface area contributed by atoms with Gasteiger partial charge in [0.2, 0.25) is 15.9 Å². The van der Waals surface area contributed by atoms with Gasteiger partial charge < -0.3 is 11.5 Å². The molecule has 1 heterocycles. The van der Waals surface area contributed by atoms with E-state index >= 15 is 0 Å². The fraction of sp³-hybridized carbons (Fsp3) is 0.500. The van der Waals surface area contributed by atoms with Gasteiger partial charge in [-0.25, -0.2) is 8.42 Å². The summed E-state index contributed by atoms with van der Waals surface area (Å²) in [6.45, 7) is 4.22. The molecule has 7 heteroatoms. The van der Waals surface area contributed by atoms with Crippen LogP contribution < -0.4 is 11.5 Å². The van der Waals surface area contributed by atoms with Gasteiger partial charge in [-0.3, -0.25) is 4.79 Å². The summed E-state index contributed by atoms with van der Waals surface area (Å²) in [6, 6.07) is 3.10. The molecule has 0 radical (unpaired) electrons. The zero-order chi connectivity index (χ0) is 15.8. The van der Waals surface area contributed by atoms with Crippen molar-refractivity contribution in [1.29, 1.82) is 0 Å². The number of carbonyl (C=O) groups is 1. The number of carbonyl (C=O) groups excluding carboxylic acids is 1. The van der Waals surface area contributed by atoms with E-state index in [2.05, 4.69) is 0 Å². The van der Waals surface area contributed by atoms with E-state index < -0.39 is 21.8 Å². The van der Waals surface area contributed by atoms with Crippen molar-refractivity contribution in [3.05, 3.63) is 23.3 Å². The van der Waals surface area contributed by atoms with Crippen LogP contribution in [0.15, 0.2) is 17.0 Å². The van der Waals surface area contributed by atoms with Gasteiger partial charge >= 0.3 is 0 Å². The van der Waals surface area contributed by atoms with Crippen LogP contribution in [0.5, 0.6) is 0 Å². The molecule has 1 aliphatic heterocycles. The highest BCUT2D eigenvalue weighted by atomic mass is 32.2. The maximum absolute atomic E-state index is 12.7. The summed E-state index contributed by atoms with van der Waals surface area (Å²) in [5.74, 6) is -0.869. The van der Waals surface area contributed by atoms with E-state index in [1.165, 1.54) is 10.4 Å². The first-order valence-corrected chi connectivity index (χ1v) is 8.33.